The molecule has 116 valence electrons. The summed E-state index contributed by atoms with van der Waals surface area (Å²) in [6, 6.07) is 11.7. The summed E-state index contributed by atoms with van der Waals surface area (Å²) in [7, 11) is 0. The van der Waals surface area contributed by atoms with E-state index < -0.39 is 0 Å². The van der Waals surface area contributed by atoms with Gasteiger partial charge in [0.15, 0.2) is 0 Å². The molecule has 0 aliphatic heterocycles. The number of pyridine rings is 1. The quantitative estimate of drug-likeness (QED) is 0.803. The highest BCUT2D eigenvalue weighted by Crippen LogP contribution is 2.18. The summed E-state index contributed by atoms with van der Waals surface area (Å²) >= 11 is 0. The predicted octanol–water partition coefficient (Wildman–Crippen LogP) is 3.39. The zero-order valence-electron chi connectivity index (χ0n) is 13.2. The Morgan fingerprint density at radius 2 is 1.96 bits per heavy atom. The largest absolute Gasteiger partial charge is 0.320 e. The van der Waals surface area contributed by atoms with Crippen LogP contribution in [0.4, 0.5) is 5.69 Å². The summed E-state index contributed by atoms with van der Waals surface area (Å²) in [5, 5.41) is 7.24. The maximum atomic E-state index is 12.5. The molecule has 2 heterocycles. The first-order valence-corrected chi connectivity index (χ1v) is 7.54. The highest BCUT2D eigenvalue weighted by atomic mass is 16.1. The first kappa shape index (κ1) is 15.0. The van der Waals surface area contributed by atoms with Gasteiger partial charge in [-0.1, -0.05) is 24.6 Å². The van der Waals surface area contributed by atoms with Crippen molar-refractivity contribution in [3.63, 3.8) is 0 Å². The van der Waals surface area contributed by atoms with Gasteiger partial charge in [-0.2, -0.15) is 5.10 Å². The van der Waals surface area contributed by atoms with E-state index in [0.717, 1.165) is 11.4 Å². The number of hydrogen-bond donors (Lipinski definition) is 1. The molecule has 0 unspecified atom stereocenters. The van der Waals surface area contributed by atoms with Crippen molar-refractivity contribution in [3.8, 4) is 5.69 Å². The number of rotatable bonds is 4. The minimum Gasteiger partial charge on any atom is -0.320 e. The summed E-state index contributed by atoms with van der Waals surface area (Å²) in [6.07, 6.45) is 5.62. The first-order chi connectivity index (χ1) is 11.2. The van der Waals surface area contributed by atoms with Gasteiger partial charge in [0, 0.05) is 6.20 Å². The maximum absolute atomic E-state index is 12.5. The minimum atomic E-state index is -0.173. The fourth-order valence-electron chi connectivity index (χ4n) is 2.45. The van der Waals surface area contributed by atoms with Gasteiger partial charge in [-0.3, -0.25) is 9.78 Å². The maximum Gasteiger partial charge on any atom is 0.259 e. The lowest BCUT2D eigenvalue weighted by Gasteiger charge is -2.09. The molecule has 0 bridgehead atoms. The van der Waals surface area contributed by atoms with Crippen molar-refractivity contribution in [1.82, 2.24) is 14.8 Å². The first-order valence-electron chi connectivity index (χ1n) is 7.54. The van der Waals surface area contributed by atoms with Crippen molar-refractivity contribution >= 4 is 11.6 Å². The number of amides is 1. The highest BCUT2D eigenvalue weighted by molar-refractivity contribution is 6.04. The zero-order chi connectivity index (χ0) is 16.2. The van der Waals surface area contributed by atoms with Crippen molar-refractivity contribution in [3.05, 3.63) is 71.8 Å². The number of anilines is 1. The number of benzene rings is 1. The Kier molecular flexibility index (Phi) is 4.19. The van der Waals surface area contributed by atoms with Crippen molar-refractivity contribution < 1.29 is 4.79 Å². The smallest absolute Gasteiger partial charge is 0.259 e. The second kappa shape index (κ2) is 6.44. The van der Waals surface area contributed by atoms with E-state index in [2.05, 4.69) is 15.4 Å². The Bertz CT molecular complexity index is 807. The monoisotopic (exact) mass is 306 g/mol. The van der Waals surface area contributed by atoms with Crippen LogP contribution in [0.15, 0.2) is 55.0 Å². The van der Waals surface area contributed by atoms with Crippen LogP contribution < -0.4 is 5.32 Å². The van der Waals surface area contributed by atoms with Gasteiger partial charge in [-0.05, 0) is 37.6 Å². The van der Waals surface area contributed by atoms with Crippen molar-refractivity contribution in [2.24, 2.45) is 0 Å². The fraction of sp³-hybridized carbons (Fsp3) is 0.167. The Morgan fingerprint density at radius 3 is 2.61 bits per heavy atom. The molecule has 3 aromatic rings. The van der Waals surface area contributed by atoms with Crippen LogP contribution in [0.2, 0.25) is 0 Å². The molecule has 5 nitrogen and oxygen atoms in total. The predicted molar refractivity (Wildman–Crippen MR) is 89.9 cm³/mol. The van der Waals surface area contributed by atoms with Crippen molar-refractivity contribution in [2.45, 2.75) is 20.3 Å². The number of nitrogens with one attached hydrogen (secondary N) is 1. The molecule has 0 fully saturated rings. The van der Waals surface area contributed by atoms with Gasteiger partial charge >= 0.3 is 0 Å². The molecule has 0 spiro atoms. The Morgan fingerprint density at radius 1 is 1.17 bits per heavy atom. The second-order valence-corrected chi connectivity index (χ2v) is 5.30. The molecule has 0 radical (unpaired) electrons. The molecule has 0 aliphatic rings. The third kappa shape index (κ3) is 3.13. The molecule has 1 N–H and O–H groups in total. The topological polar surface area (TPSA) is 59.8 Å². The van der Waals surface area contributed by atoms with E-state index >= 15 is 0 Å². The highest BCUT2D eigenvalue weighted by Gasteiger charge is 2.17. The second-order valence-electron chi connectivity index (χ2n) is 5.30. The minimum absolute atomic E-state index is 0.173. The molecule has 0 aliphatic carbocycles. The van der Waals surface area contributed by atoms with Gasteiger partial charge in [0.2, 0.25) is 0 Å². The Labute approximate surface area is 135 Å². The van der Waals surface area contributed by atoms with Crippen LogP contribution in [0.5, 0.6) is 0 Å². The van der Waals surface area contributed by atoms with Crippen LogP contribution in [0.3, 0.4) is 0 Å². The summed E-state index contributed by atoms with van der Waals surface area (Å²) in [4.78, 5) is 16.5. The van der Waals surface area contributed by atoms with Gasteiger partial charge in [0.25, 0.3) is 5.91 Å². The van der Waals surface area contributed by atoms with E-state index in [9.17, 15) is 4.79 Å². The molecule has 1 aromatic carbocycles. The SMILES string of the molecule is CCc1c(C(=O)Nc2cccnc2)cnn1-c1ccc(C)cc1. The van der Waals surface area contributed by atoms with E-state index in [4.69, 9.17) is 0 Å². The average molecular weight is 306 g/mol. The zero-order valence-corrected chi connectivity index (χ0v) is 13.2. The van der Waals surface area contributed by atoms with Crippen LogP contribution in [-0.2, 0) is 6.42 Å². The van der Waals surface area contributed by atoms with E-state index in [0.29, 0.717) is 17.7 Å². The number of carbonyl (C=O) groups excluding carboxylic acids is 1. The van der Waals surface area contributed by atoms with Crippen LogP contribution in [0, 0.1) is 6.92 Å². The van der Waals surface area contributed by atoms with Gasteiger partial charge in [0.1, 0.15) is 0 Å². The number of carbonyl (C=O) groups is 1. The van der Waals surface area contributed by atoms with Gasteiger partial charge in [-0.15, -0.1) is 0 Å². The molecule has 3 rings (SSSR count). The van der Waals surface area contributed by atoms with E-state index in [1.165, 1.54) is 5.56 Å². The summed E-state index contributed by atoms with van der Waals surface area (Å²) in [5.41, 5.74) is 4.27. The van der Waals surface area contributed by atoms with E-state index in [-0.39, 0.29) is 5.91 Å². The number of hydrogen-bond acceptors (Lipinski definition) is 3. The molecular weight excluding hydrogens is 288 g/mol. The average Bonchev–Trinajstić information content (AvgIpc) is 3.00. The molecule has 23 heavy (non-hydrogen) atoms. The number of aryl methyl sites for hydroxylation is 1. The van der Waals surface area contributed by atoms with Gasteiger partial charge in [-0.25, -0.2) is 4.68 Å². The van der Waals surface area contributed by atoms with Crippen LogP contribution in [-0.4, -0.2) is 20.7 Å². The lowest BCUT2D eigenvalue weighted by Crippen LogP contribution is -2.14. The van der Waals surface area contributed by atoms with E-state index in [1.54, 1.807) is 30.7 Å². The Hall–Kier alpha value is -2.95. The molecule has 1 amide bonds. The third-order valence-electron chi connectivity index (χ3n) is 3.65. The summed E-state index contributed by atoms with van der Waals surface area (Å²) in [5.74, 6) is -0.173. The van der Waals surface area contributed by atoms with E-state index in [1.807, 2.05) is 42.8 Å². The standard InChI is InChI=1S/C18H18N4O/c1-3-17-16(18(23)21-14-5-4-10-19-11-14)12-20-22(17)15-8-6-13(2)7-9-15/h4-12H,3H2,1-2H3,(H,21,23). The third-order valence-corrected chi connectivity index (χ3v) is 3.65. The summed E-state index contributed by atoms with van der Waals surface area (Å²) < 4.78 is 1.82. The van der Waals surface area contributed by atoms with Gasteiger partial charge in [0.05, 0.1) is 35.0 Å². The van der Waals surface area contributed by atoms with Crippen LogP contribution >= 0.6 is 0 Å². The lowest BCUT2D eigenvalue weighted by atomic mass is 10.1. The van der Waals surface area contributed by atoms with Crippen LogP contribution in [0.1, 0.15) is 28.5 Å². The molecular formula is C18H18N4O. The molecule has 0 saturated heterocycles. The summed E-state index contributed by atoms with van der Waals surface area (Å²) in [6.45, 7) is 4.06. The van der Waals surface area contributed by atoms with Gasteiger partial charge < -0.3 is 5.32 Å². The fourth-order valence-corrected chi connectivity index (χ4v) is 2.45. The van der Waals surface area contributed by atoms with Crippen molar-refractivity contribution in [2.75, 3.05) is 5.32 Å². The Balaban J connectivity index is 1.91. The van der Waals surface area contributed by atoms with Crippen molar-refractivity contribution in [1.29, 1.82) is 0 Å². The number of aromatic nitrogens is 3. The van der Waals surface area contributed by atoms with Crippen LogP contribution in [0.25, 0.3) is 5.69 Å². The normalized spacial score (nSPS) is 10.5. The lowest BCUT2D eigenvalue weighted by molar-refractivity contribution is 0.102. The molecule has 0 saturated carbocycles. The molecule has 5 heteroatoms. The number of nitrogens with zero attached hydrogens (tertiary/aromatic N) is 3. The molecule has 2 aromatic heterocycles. The molecule has 0 atom stereocenters.